The fourth-order valence-corrected chi connectivity index (χ4v) is 4.30. The third-order valence-electron chi connectivity index (χ3n) is 2.16. The van der Waals surface area contributed by atoms with E-state index < -0.39 is 70.4 Å². The molecule has 10 nitrogen and oxygen atoms in total. The summed E-state index contributed by atoms with van der Waals surface area (Å²) < 4.78 is 217. The third kappa shape index (κ3) is 12.0. The molecule has 0 aliphatic carbocycles. The molecule has 0 saturated carbocycles. The van der Waals surface area contributed by atoms with Gasteiger partial charge in [-0.3, -0.25) is 0 Å². The average molecular weight is 620 g/mol. The minimum atomic E-state index is -6.60. The van der Waals surface area contributed by atoms with Crippen LogP contribution in [-0.4, -0.2) is 55.7 Å². The maximum atomic E-state index is 11.5. The number of hydrogen-bond acceptors (Lipinski definition) is 8. The first-order valence-corrected chi connectivity index (χ1v) is 13.1. The van der Waals surface area contributed by atoms with Crippen LogP contribution < -0.4 is 8.25 Å². The third-order valence-corrected chi connectivity index (χ3v) is 8.11. The highest BCUT2D eigenvalue weighted by molar-refractivity contribution is 8.06. The first-order valence-electron chi connectivity index (χ1n) is 7.15. The molecule has 0 fully saturated rings. The first kappa shape index (κ1) is 37.4. The Morgan fingerprint density at radius 1 is 0.412 bits per heavy atom. The second-order valence-electron chi connectivity index (χ2n) is 4.96. The number of halogens is 12. The van der Waals surface area contributed by atoms with Crippen molar-refractivity contribution in [1.29, 1.82) is 0 Å². The zero-order valence-corrected chi connectivity index (χ0v) is 19.1. The van der Waals surface area contributed by atoms with Gasteiger partial charge in [0.15, 0.2) is 0 Å². The van der Waals surface area contributed by atoms with Gasteiger partial charge in [-0.2, -0.15) is 52.7 Å². The molecule has 0 aliphatic rings. The number of alkyl halides is 12. The number of unbranched alkanes of at least 4 members (excludes halogenated alkanes) is 1. The standard InChI is InChI=1S/C4H10.2C2HF6NO4S2/c1-3-4-2;2*3-1(4,5)14(10,11)9-15(12,13)2(6,7)8/h3-4H2,1-2H3;2*9H. The Bertz CT molecular complexity index is 895. The largest absolute Gasteiger partial charge is 0.512 e. The van der Waals surface area contributed by atoms with Crippen molar-refractivity contribution in [3.05, 3.63) is 0 Å². The molecule has 0 rings (SSSR count). The monoisotopic (exact) mass is 620 g/mol. The van der Waals surface area contributed by atoms with E-state index in [0.29, 0.717) is 0 Å². The lowest BCUT2D eigenvalue weighted by Gasteiger charge is -2.11. The van der Waals surface area contributed by atoms with Gasteiger partial charge in [0, 0.05) is 0 Å². The topological polar surface area (TPSA) is 161 Å². The molecular formula is C8H12F12N2O8S4. The highest BCUT2D eigenvalue weighted by Gasteiger charge is 2.56. The molecule has 26 heteroatoms. The number of rotatable bonds is 5. The van der Waals surface area contributed by atoms with Gasteiger partial charge in [0.05, 0.1) is 0 Å². The number of sulfonamides is 4. The van der Waals surface area contributed by atoms with E-state index in [2.05, 4.69) is 13.8 Å². The number of nitrogens with one attached hydrogen (secondary N) is 2. The molecule has 0 heterocycles. The van der Waals surface area contributed by atoms with Crippen molar-refractivity contribution in [3.63, 3.8) is 0 Å². The minimum absolute atomic E-state index is 0.493. The molecule has 2 N–H and O–H groups in total. The first-order chi connectivity index (χ1) is 14.3. The van der Waals surface area contributed by atoms with Gasteiger partial charge in [-0.1, -0.05) is 34.9 Å². The van der Waals surface area contributed by atoms with Crippen LogP contribution in [0.2, 0.25) is 0 Å². The Kier molecular flexibility index (Phi) is 12.9. The summed E-state index contributed by atoms with van der Waals surface area (Å²) in [5, 5.41) is 0. The lowest BCUT2D eigenvalue weighted by atomic mass is 10.4. The van der Waals surface area contributed by atoms with Crippen molar-refractivity contribution in [1.82, 2.24) is 8.25 Å². The van der Waals surface area contributed by atoms with Crippen LogP contribution in [0.1, 0.15) is 26.7 Å². The molecule has 210 valence electrons. The maximum absolute atomic E-state index is 11.5. The fourth-order valence-electron chi connectivity index (χ4n) is 0.478. The van der Waals surface area contributed by atoms with E-state index in [1.165, 1.54) is 12.8 Å². The molecule has 0 saturated heterocycles. The summed E-state index contributed by atoms with van der Waals surface area (Å²) in [5.74, 6) is 0. The second kappa shape index (κ2) is 11.7. The Morgan fingerprint density at radius 3 is 0.588 bits per heavy atom. The average Bonchev–Trinajstić information content (AvgIpc) is 2.49. The van der Waals surface area contributed by atoms with Crippen molar-refractivity contribution in [2.75, 3.05) is 0 Å². The van der Waals surface area contributed by atoms with Crippen LogP contribution >= 0.6 is 0 Å². The molecule has 0 aliphatic heterocycles. The molecule has 0 aromatic rings. The van der Waals surface area contributed by atoms with Crippen LogP contribution in [0.15, 0.2) is 0 Å². The quantitative estimate of drug-likeness (QED) is 0.443. The molecule has 34 heavy (non-hydrogen) atoms. The predicted octanol–water partition coefficient (Wildman–Crippen LogP) is 2.36. The Balaban J connectivity index is -0.000000488. The van der Waals surface area contributed by atoms with Crippen molar-refractivity contribution >= 4 is 40.1 Å². The lowest BCUT2D eigenvalue weighted by Crippen LogP contribution is -2.45. The van der Waals surface area contributed by atoms with Crippen LogP contribution in [0.4, 0.5) is 52.7 Å². The normalized spacial score (nSPS) is 14.4. The zero-order chi connectivity index (χ0) is 28.8. The van der Waals surface area contributed by atoms with Crippen LogP contribution in [0, 0.1) is 0 Å². The van der Waals surface area contributed by atoms with Crippen LogP contribution in [0.25, 0.3) is 0 Å². The Hall–Kier alpha value is -1.12. The van der Waals surface area contributed by atoms with Crippen LogP contribution in [0.3, 0.4) is 0 Å². The molecule has 0 spiro atoms. The number of hydrogen-bond donors (Lipinski definition) is 2. The summed E-state index contributed by atoms with van der Waals surface area (Å²) in [7, 11) is -26.4. The smallest absolute Gasteiger partial charge is 0.202 e. The van der Waals surface area contributed by atoms with Gasteiger partial charge in [-0.15, -0.1) is 0 Å². The minimum Gasteiger partial charge on any atom is -0.202 e. The van der Waals surface area contributed by atoms with Gasteiger partial charge >= 0.3 is 62.1 Å². The zero-order valence-electron chi connectivity index (χ0n) is 15.8. The van der Waals surface area contributed by atoms with Crippen molar-refractivity contribution in [2.24, 2.45) is 0 Å². The van der Waals surface area contributed by atoms with E-state index in [0.717, 1.165) is 0 Å². The van der Waals surface area contributed by atoms with E-state index in [1.54, 1.807) is 0 Å². The van der Waals surface area contributed by atoms with Crippen LogP contribution in [-0.2, 0) is 40.1 Å². The van der Waals surface area contributed by atoms with Gasteiger partial charge < -0.3 is 0 Å². The second-order valence-corrected chi connectivity index (χ2v) is 12.2. The summed E-state index contributed by atoms with van der Waals surface area (Å²) in [5.41, 5.74) is -24.6. The maximum Gasteiger partial charge on any atom is 0.512 e. The highest BCUT2D eigenvalue weighted by atomic mass is 32.3. The Labute approximate surface area is 183 Å². The van der Waals surface area contributed by atoms with Crippen molar-refractivity contribution in [3.8, 4) is 0 Å². The fraction of sp³-hybridized carbons (Fsp3) is 1.00. The molecule has 0 unspecified atom stereocenters. The van der Waals surface area contributed by atoms with Gasteiger partial charge in [0.1, 0.15) is 0 Å². The predicted molar refractivity (Wildman–Crippen MR) is 86.8 cm³/mol. The summed E-state index contributed by atoms with van der Waals surface area (Å²) >= 11 is 0. The summed E-state index contributed by atoms with van der Waals surface area (Å²) in [4.78, 5) is 0. The molecule has 0 aromatic carbocycles. The van der Waals surface area contributed by atoms with E-state index in [4.69, 9.17) is 0 Å². The lowest BCUT2D eigenvalue weighted by molar-refractivity contribution is -0.0487. The van der Waals surface area contributed by atoms with Gasteiger partial charge in [0.2, 0.25) is 0 Å². The van der Waals surface area contributed by atoms with E-state index >= 15 is 0 Å². The Morgan fingerprint density at radius 2 is 0.529 bits per heavy atom. The highest BCUT2D eigenvalue weighted by Crippen LogP contribution is 2.28. The van der Waals surface area contributed by atoms with E-state index in [-0.39, 0.29) is 0 Å². The van der Waals surface area contributed by atoms with Gasteiger partial charge in [0.25, 0.3) is 0 Å². The van der Waals surface area contributed by atoms with Crippen molar-refractivity contribution < 1.29 is 86.4 Å². The SMILES string of the molecule is CCCC.O=S(=O)(NS(=O)(=O)C(F)(F)F)C(F)(F)F.O=S(=O)(NS(=O)(=O)C(F)(F)F)C(F)(F)F. The van der Waals surface area contributed by atoms with E-state index in [9.17, 15) is 86.4 Å². The molecule has 0 amide bonds. The molecule has 0 radical (unpaired) electrons. The summed E-state index contributed by atoms with van der Waals surface area (Å²) in [6.45, 7) is 4.36. The molecule has 0 bridgehead atoms. The van der Waals surface area contributed by atoms with Gasteiger partial charge in [-0.25, -0.2) is 33.7 Å². The molecule has 0 atom stereocenters. The summed E-state index contributed by atoms with van der Waals surface area (Å²) in [6, 6.07) is 0. The molecule has 0 aromatic heterocycles. The summed E-state index contributed by atoms with van der Waals surface area (Å²) in [6.07, 6.45) is 2.64. The van der Waals surface area contributed by atoms with Crippen LogP contribution in [0.5, 0.6) is 0 Å². The van der Waals surface area contributed by atoms with Gasteiger partial charge in [-0.05, 0) is 0 Å². The van der Waals surface area contributed by atoms with E-state index in [1.807, 2.05) is 0 Å². The van der Waals surface area contributed by atoms with Crippen molar-refractivity contribution in [2.45, 2.75) is 48.7 Å². The molecular weight excluding hydrogens is 608 g/mol.